The van der Waals surface area contributed by atoms with Crippen LogP contribution < -0.4 is 10.6 Å². The van der Waals surface area contributed by atoms with E-state index in [0.29, 0.717) is 22.5 Å². The van der Waals surface area contributed by atoms with Crippen LogP contribution in [0.15, 0.2) is 29.2 Å². The number of thiol groups is 1. The molecule has 1 aromatic carbocycles. The van der Waals surface area contributed by atoms with Gasteiger partial charge in [-0.15, -0.1) is 24.0 Å². The number of amides is 1. The summed E-state index contributed by atoms with van der Waals surface area (Å²) in [5.74, 6) is -0.660. The molecule has 1 aliphatic heterocycles. The van der Waals surface area contributed by atoms with Crippen LogP contribution in [0.25, 0.3) is 0 Å². The molecule has 0 unspecified atom stereocenters. The molecule has 0 fully saturated rings. The molecule has 2 aromatic rings. The molecule has 1 aromatic heterocycles. The normalized spacial score (nSPS) is 17.0. The van der Waals surface area contributed by atoms with Gasteiger partial charge in [0.25, 0.3) is 5.91 Å². The second-order valence-corrected chi connectivity index (χ2v) is 10.4. The maximum atomic E-state index is 13.0. The van der Waals surface area contributed by atoms with E-state index >= 15 is 0 Å². The Bertz CT molecular complexity index is 944. The molecule has 7 heteroatoms. The Hall–Kier alpha value is -1.83. The van der Waals surface area contributed by atoms with Gasteiger partial charge in [0.05, 0.1) is 11.7 Å². The Balaban J connectivity index is 2.06. The van der Waals surface area contributed by atoms with Crippen LogP contribution in [0, 0.1) is 0 Å². The number of hydrogen-bond donors (Lipinski definition) is 3. The molecule has 5 nitrogen and oxygen atoms in total. The van der Waals surface area contributed by atoms with Crippen molar-refractivity contribution in [3.63, 3.8) is 0 Å². The summed E-state index contributed by atoms with van der Waals surface area (Å²) in [5, 5.41) is 7.12. The first-order valence-corrected chi connectivity index (χ1v) is 10.9. The summed E-state index contributed by atoms with van der Waals surface area (Å²) < 4.78 is 5.53. The smallest absolute Gasteiger partial charge is 0.341 e. The number of hydrogen-bond acceptors (Lipinski definition) is 6. The van der Waals surface area contributed by atoms with Gasteiger partial charge in [-0.25, -0.2) is 4.79 Å². The molecule has 3 rings (SSSR count). The van der Waals surface area contributed by atoms with Crippen molar-refractivity contribution >= 4 is 40.8 Å². The number of esters is 1. The third-order valence-electron chi connectivity index (χ3n) is 4.75. The van der Waals surface area contributed by atoms with Crippen LogP contribution in [-0.2, 0) is 16.7 Å². The summed E-state index contributed by atoms with van der Waals surface area (Å²) in [7, 11) is 0. The summed E-state index contributed by atoms with van der Waals surface area (Å²) in [5.41, 5.74) is 1.42. The minimum absolute atomic E-state index is 0.186. The molecule has 1 aliphatic rings. The van der Waals surface area contributed by atoms with Crippen LogP contribution in [0.1, 0.15) is 72.7 Å². The molecule has 0 saturated carbocycles. The minimum atomic E-state index is -0.396. The Morgan fingerprint density at radius 3 is 2.38 bits per heavy atom. The summed E-state index contributed by atoms with van der Waals surface area (Å²) in [6.07, 6.45) is 0.432. The maximum Gasteiger partial charge on any atom is 0.341 e. The second-order valence-electron chi connectivity index (χ2n) is 8.88. The van der Waals surface area contributed by atoms with Crippen LogP contribution >= 0.6 is 24.0 Å². The molecule has 2 N–H and O–H groups in total. The monoisotopic (exact) mass is 432 g/mol. The molecular formula is C22H28N2O3S2. The van der Waals surface area contributed by atoms with E-state index in [1.165, 1.54) is 11.3 Å². The second kappa shape index (κ2) is 7.78. The Morgan fingerprint density at radius 1 is 1.17 bits per heavy atom. The number of fused-ring (bicyclic) bond motifs is 1. The van der Waals surface area contributed by atoms with Gasteiger partial charge in [0.15, 0.2) is 0 Å². The lowest BCUT2D eigenvalue weighted by Gasteiger charge is -2.42. The number of carbonyl (C=O) groups excluding carboxylic acids is 2. The first-order valence-electron chi connectivity index (χ1n) is 9.66. The van der Waals surface area contributed by atoms with Crippen LogP contribution in [0.4, 0.5) is 5.00 Å². The lowest BCUT2D eigenvalue weighted by Crippen LogP contribution is -2.55. The van der Waals surface area contributed by atoms with Gasteiger partial charge in [-0.2, -0.15) is 0 Å². The van der Waals surface area contributed by atoms with Crippen LogP contribution in [0.5, 0.6) is 0 Å². The highest BCUT2D eigenvalue weighted by molar-refractivity contribution is 7.80. The first kappa shape index (κ1) is 21.9. The molecule has 0 radical (unpaired) electrons. The Labute approximate surface area is 181 Å². The van der Waals surface area contributed by atoms with E-state index in [2.05, 4.69) is 51.0 Å². The number of anilines is 1. The summed E-state index contributed by atoms with van der Waals surface area (Å²) in [6, 6.07) is 6.96. The highest BCUT2D eigenvalue weighted by Crippen LogP contribution is 2.45. The number of benzene rings is 1. The van der Waals surface area contributed by atoms with E-state index in [-0.39, 0.29) is 23.1 Å². The number of carbonyl (C=O) groups is 2. The van der Waals surface area contributed by atoms with E-state index < -0.39 is 5.97 Å². The number of rotatable bonds is 4. The molecule has 2 heterocycles. The van der Waals surface area contributed by atoms with E-state index in [1.807, 2.05) is 13.8 Å². The van der Waals surface area contributed by atoms with Crippen LogP contribution in [-0.4, -0.2) is 23.5 Å². The standard InChI is InChI=1S/C22H28N2O3S2/c1-12(2)27-20(26)16-15-11-21(3,4)24-22(5,6)17(15)29-19(16)23-18(25)13-7-9-14(28)10-8-13/h7-10,12,24,28H,11H2,1-6H3,(H,23,25). The van der Waals surface area contributed by atoms with Gasteiger partial charge in [0.2, 0.25) is 0 Å². The zero-order valence-electron chi connectivity index (χ0n) is 17.7. The van der Waals surface area contributed by atoms with Crippen molar-refractivity contribution in [1.29, 1.82) is 0 Å². The fourth-order valence-corrected chi connectivity index (χ4v) is 5.30. The molecule has 0 saturated heterocycles. The average molecular weight is 433 g/mol. The fourth-order valence-electron chi connectivity index (χ4n) is 3.89. The quantitative estimate of drug-likeness (QED) is 0.469. The minimum Gasteiger partial charge on any atom is -0.459 e. The molecule has 29 heavy (non-hydrogen) atoms. The van der Waals surface area contributed by atoms with Gasteiger partial charge in [0, 0.05) is 26.4 Å². The van der Waals surface area contributed by atoms with Crippen molar-refractivity contribution in [3.05, 3.63) is 45.8 Å². The highest BCUT2D eigenvalue weighted by Gasteiger charge is 2.42. The summed E-state index contributed by atoms with van der Waals surface area (Å²) >= 11 is 5.70. The van der Waals surface area contributed by atoms with Crippen molar-refractivity contribution in [2.24, 2.45) is 0 Å². The molecule has 0 aliphatic carbocycles. The number of thiophene rings is 1. The maximum absolute atomic E-state index is 13.0. The van der Waals surface area contributed by atoms with Crippen molar-refractivity contribution in [2.45, 2.75) is 70.0 Å². The lowest BCUT2D eigenvalue weighted by atomic mass is 9.81. The van der Waals surface area contributed by atoms with Crippen molar-refractivity contribution in [2.75, 3.05) is 5.32 Å². The number of ether oxygens (including phenoxy) is 1. The molecule has 156 valence electrons. The Morgan fingerprint density at radius 2 is 1.79 bits per heavy atom. The van der Waals surface area contributed by atoms with Crippen molar-refractivity contribution in [1.82, 2.24) is 5.32 Å². The Kier molecular flexibility index (Phi) is 5.87. The SMILES string of the molecule is CC(C)OC(=O)c1c(NC(=O)c2ccc(S)cc2)sc2c1CC(C)(C)NC2(C)C. The highest BCUT2D eigenvalue weighted by atomic mass is 32.1. The van der Waals surface area contributed by atoms with Crippen LogP contribution in [0.2, 0.25) is 0 Å². The molecule has 0 bridgehead atoms. The summed E-state index contributed by atoms with van der Waals surface area (Å²) in [6.45, 7) is 12.1. The van der Waals surface area contributed by atoms with Gasteiger partial charge in [-0.1, -0.05) is 0 Å². The van der Waals surface area contributed by atoms with Gasteiger partial charge < -0.3 is 15.4 Å². The molecule has 0 spiro atoms. The third kappa shape index (κ3) is 4.68. The predicted octanol–water partition coefficient (Wildman–Crippen LogP) is 5.01. The summed E-state index contributed by atoms with van der Waals surface area (Å²) in [4.78, 5) is 27.7. The average Bonchev–Trinajstić information content (AvgIpc) is 2.91. The van der Waals surface area contributed by atoms with Crippen molar-refractivity contribution in [3.8, 4) is 0 Å². The van der Waals surface area contributed by atoms with E-state index in [9.17, 15) is 9.59 Å². The number of nitrogens with one attached hydrogen (secondary N) is 2. The third-order valence-corrected chi connectivity index (χ3v) is 6.52. The molecular weight excluding hydrogens is 404 g/mol. The fraction of sp³-hybridized carbons (Fsp3) is 0.455. The predicted molar refractivity (Wildman–Crippen MR) is 120 cm³/mol. The van der Waals surface area contributed by atoms with E-state index in [4.69, 9.17) is 4.74 Å². The first-order chi connectivity index (χ1) is 13.4. The molecule has 1 amide bonds. The zero-order valence-corrected chi connectivity index (χ0v) is 19.4. The topological polar surface area (TPSA) is 67.4 Å². The van der Waals surface area contributed by atoms with Gasteiger partial charge >= 0.3 is 5.97 Å². The van der Waals surface area contributed by atoms with Crippen molar-refractivity contribution < 1.29 is 14.3 Å². The van der Waals surface area contributed by atoms with E-state index in [0.717, 1.165) is 15.3 Å². The van der Waals surface area contributed by atoms with Gasteiger partial charge in [-0.05, 0) is 77.8 Å². The van der Waals surface area contributed by atoms with E-state index in [1.54, 1.807) is 24.3 Å². The molecule has 0 atom stereocenters. The zero-order chi connectivity index (χ0) is 21.6. The lowest BCUT2D eigenvalue weighted by molar-refractivity contribution is 0.0377. The van der Waals surface area contributed by atoms with Gasteiger partial charge in [0.1, 0.15) is 5.00 Å². The van der Waals surface area contributed by atoms with Crippen LogP contribution in [0.3, 0.4) is 0 Å². The largest absolute Gasteiger partial charge is 0.459 e. The van der Waals surface area contributed by atoms with Gasteiger partial charge in [-0.3, -0.25) is 4.79 Å².